The fraction of sp³-hybridized carbons (Fsp3) is 0.417. The first-order valence-electron chi connectivity index (χ1n) is 5.25. The van der Waals surface area contributed by atoms with Crippen LogP contribution < -0.4 is 10.5 Å². The van der Waals surface area contributed by atoms with E-state index in [4.69, 9.17) is 15.2 Å². The van der Waals surface area contributed by atoms with Gasteiger partial charge in [-0.1, -0.05) is 0 Å². The average Bonchev–Trinajstić information content (AvgIpc) is 2.21. The smallest absolute Gasteiger partial charge is 0.341 e. The number of phenolic OH excluding ortho intramolecular Hbond substituents is 1. The maximum atomic E-state index is 13.8. The number of esters is 1. The molecule has 0 heterocycles. The molecule has 0 aliphatic heterocycles. The molecule has 18 heavy (non-hydrogen) atoms. The lowest BCUT2D eigenvalue weighted by Gasteiger charge is -2.20. The van der Waals surface area contributed by atoms with Crippen molar-refractivity contribution in [1.29, 1.82) is 0 Å². The lowest BCUT2D eigenvalue weighted by molar-refractivity contribution is 0.00643. The Morgan fingerprint density at radius 1 is 1.44 bits per heavy atom. The second-order valence-corrected chi connectivity index (χ2v) is 4.71. The highest BCUT2D eigenvalue weighted by molar-refractivity contribution is 5.92. The summed E-state index contributed by atoms with van der Waals surface area (Å²) >= 11 is 0. The molecule has 0 aliphatic rings. The number of methoxy groups -OCH3 is 1. The number of rotatable bonds is 2. The Bertz CT molecular complexity index is 480. The summed E-state index contributed by atoms with van der Waals surface area (Å²) in [7, 11) is 1.23. The summed E-state index contributed by atoms with van der Waals surface area (Å²) in [4.78, 5) is 11.7. The zero-order valence-electron chi connectivity index (χ0n) is 10.7. The first-order valence-corrected chi connectivity index (χ1v) is 5.25. The van der Waals surface area contributed by atoms with Gasteiger partial charge in [-0.15, -0.1) is 0 Å². The summed E-state index contributed by atoms with van der Waals surface area (Å²) < 4.78 is 23.6. The van der Waals surface area contributed by atoms with E-state index in [1.807, 2.05) is 0 Å². The molecule has 1 aromatic rings. The Balaban J connectivity index is 3.23. The second-order valence-electron chi connectivity index (χ2n) is 4.71. The zero-order chi connectivity index (χ0) is 14.1. The molecule has 0 aliphatic carbocycles. The van der Waals surface area contributed by atoms with E-state index in [-0.39, 0.29) is 5.75 Å². The van der Waals surface area contributed by atoms with Gasteiger partial charge in [0, 0.05) is 6.07 Å². The highest BCUT2D eigenvalue weighted by atomic mass is 19.1. The van der Waals surface area contributed by atoms with E-state index < -0.39 is 34.4 Å². The summed E-state index contributed by atoms with van der Waals surface area (Å²) in [5, 5.41) is 9.56. The Labute approximate surface area is 104 Å². The number of carbonyl (C=O) groups excluding carboxylic acids is 1. The summed E-state index contributed by atoms with van der Waals surface area (Å²) in [6.07, 6.45) is 0. The number of hydrogen-bond acceptors (Lipinski definition) is 5. The number of benzene rings is 1. The van der Waals surface area contributed by atoms with Gasteiger partial charge in [0.1, 0.15) is 16.9 Å². The topological polar surface area (TPSA) is 81.8 Å². The van der Waals surface area contributed by atoms with Crippen LogP contribution in [-0.4, -0.2) is 23.8 Å². The van der Waals surface area contributed by atoms with E-state index in [2.05, 4.69) is 0 Å². The Kier molecular flexibility index (Phi) is 3.69. The molecule has 100 valence electrons. The predicted octanol–water partition coefficient (Wildman–Crippen LogP) is 2.08. The summed E-state index contributed by atoms with van der Waals surface area (Å²) in [6, 6.07) is 0.929. The number of anilines is 1. The van der Waals surface area contributed by atoms with Gasteiger partial charge < -0.3 is 20.3 Å². The molecule has 6 heteroatoms. The highest BCUT2D eigenvalue weighted by Gasteiger charge is 2.25. The van der Waals surface area contributed by atoms with Crippen LogP contribution in [0.1, 0.15) is 31.1 Å². The van der Waals surface area contributed by atoms with Gasteiger partial charge in [-0.05, 0) is 20.8 Å². The highest BCUT2D eigenvalue weighted by Crippen LogP contribution is 2.36. The van der Waals surface area contributed by atoms with E-state index >= 15 is 0 Å². The van der Waals surface area contributed by atoms with Gasteiger partial charge in [0.2, 0.25) is 0 Å². The molecule has 1 aromatic carbocycles. The van der Waals surface area contributed by atoms with Crippen LogP contribution >= 0.6 is 0 Å². The second kappa shape index (κ2) is 4.72. The minimum absolute atomic E-state index is 0.209. The van der Waals surface area contributed by atoms with E-state index in [9.17, 15) is 14.3 Å². The van der Waals surface area contributed by atoms with E-state index in [0.29, 0.717) is 0 Å². The first kappa shape index (κ1) is 14.1. The van der Waals surface area contributed by atoms with Crippen LogP contribution in [0.2, 0.25) is 0 Å². The third-order valence-corrected chi connectivity index (χ3v) is 2.05. The molecule has 0 aromatic heterocycles. The average molecular weight is 257 g/mol. The van der Waals surface area contributed by atoms with Crippen molar-refractivity contribution in [3.8, 4) is 11.5 Å². The van der Waals surface area contributed by atoms with Crippen molar-refractivity contribution in [2.45, 2.75) is 26.4 Å². The molecule has 0 bridgehead atoms. The number of halogens is 1. The lowest BCUT2D eigenvalue weighted by atomic mass is 10.1. The van der Waals surface area contributed by atoms with E-state index in [0.717, 1.165) is 6.07 Å². The lowest BCUT2D eigenvalue weighted by Crippen LogP contribution is -2.24. The zero-order valence-corrected chi connectivity index (χ0v) is 10.7. The number of ether oxygens (including phenoxy) is 2. The van der Waals surface area contributed by atoms with Gasteiger partial charge in [-0.25, -0.2) is 9.18 Å². The third kappa shape index (κ3) is 2.82. The molecule has 0 fully saturated rings. The van der Waals surface area contributed by atoms with Crippen molar-refractivity contribution in [3.05, 3.63) is 17.4 Å². The quantitative estimate of drug-likeness (QED) is 0.626. The minimum atomic E-state index is -0.973. The SMILES string of the molecule is COc1c(O)cc(C(=O)OC(C)(C)C)c(F)c1N. The maximum Gasteiger partial charge on any atom is 0.341 e. The number of aromatic hydroxyl groups is 1. The van der Waals surface area contributed by atoms with Crippen LogP contribution in [0.5, 0.6) is 11.5 Å². The van der Waals surface area contributed by atoms with Crippen LogP contribution in [0.3, 0.4) is 0 Å². The number of carbonyl (C=O) groups is 1. The minimum Gasteiger partial charge on any atom is -0.504 e. The fourth-order valence-electron chi connectivity index (χ4n) is 1.34. The molecular weight excluding hydrogens is 241 g/mol. The Morgan fingerprint density at radius 3 is 2.44 bits per heavy atom. The van der Waals surface area contributed by atoms with Crippen molar-refractivity contribution in [2.75, 3.05) is 12.8 Å². The van der Waals surface area contributed by atoms with Crippen LogP contribution in [0.25, 0.3) is 0 Å². The molecule has 0 atom stereocenters. The molecular formula is C12H16FNO4. The molecule has 3 N–H and O–H groups in total. The maximum absolute atomic E-state index is 13.8. The van der Waals surface area contributed by atoms with Crippen molar-refractivity contribution in [2.24, 2.45) is 0 Å². The van der Waals surface area contributed by atoms with Gasteiger partial charge in [0.05, 0.1) is 7.11 Å². The molecule has 0 saturated heterocycles. The standard InChI is InChI=1S/C12H16FNO4/c1-12(2,3)18-11(16)6-5-7(15)10(17-4)9(14)8(6)13/h5,15H,14H2,1-4H3. The summed E-state index contributed by atoms with van der Waals surface area (Å²) in [6.45, 7) is 4.95. The van der Waals surface area contributed by atoms with Gasteiger partial charge in [0.15, 0.2) is 17.3 Å². The van der Waals surface area contributed by atoms with Gasteiger partial charge in [0.25, 0.3) is 0 Å². The molecule has 5 nitrogen and oxygen atoms in total. The number of phenols is 1. The van der Waals surface area contributed by atoms with Gasteiger partial charge in [-0.3, -0.25) is 0 Å². The fourth-order valence-corrected chi connectivity index (χ4v) is 1.34. The van der Waals surface area contributed by atoms with Crippen molar-refractivity contribution in [3.63, 3.8) is 0 Å². The molecule has 0 unspecified atom stereocenters. The van der Waals surface area contributed by atoms with E-state index in [1.165, 1.54) is 7.11 Å². The predicted molar refractivity (Wildman–Crippen MR) is 64.2 cm³/mol. The summed E-state index contributed by atoms with van der Waals surface area (Å²) in [5.41, 5.74) is 3.80. The molecule has 0 spiro atoms. The van der Waals surface area contributed by atoms with Crippen LogP contribution in [-0.2, 0) is 4.74 Å². The Morgan fingerprint density at radius 2 is 2.00 bits per heavy atom. The largest absolute Gasteiger partial charge is 0.504 e. The first-order chi connectivity index (χ1) is 8.17. The molecule has 0 amide bonds. The van der Waals surface area contributed by atoms with Crippen LogP contribution in [0.15, 0.2) is 6.07 Å². The number of nitrogen functional groups attached to an aromatic ring is 1. The van der Waals surface area contributed by atoms with Crippen LogP contribution in [0.4, 0.5) is 10.1 Å². The monoisotopic (exact) mass is 257 g/mol. The van der Waals surface area contributed by atoms with Gasteiger partial charge >= 0.3 is 5.97 Å². The van der Waals surface area contributed by atoms with Crippen molar-refractivity contribution >= 4 is 11.7 Å². The molecule has 0 radical (unpaired) electrons. The van der Waals surface area contributed by atoms with Gasteiger partial charge in [-0.2, -0.15) is 0 Å². The van der Waals surface area contributed by atoms with Crippen molar-refractivity contribution in [1.82, 2.24) is 0 Å². The Hall–Kier alpha value is -1.98. The summed E-state index contributed by atoms with van der Waals surface area (Å²) in [5.74, 6) is -2.50. The normalized spacial score (nSPS) is 11.2. The van der Waals surface area contributed by atoms with Crippen molar-refractivity contribution < 1.29 is 23.8 Å². The number of nitrogens with two attached hydrogens (primary N) is 1. The number of hydrogen-bond donors (Lipinski definition) is 2. The molecule has 0 saturated carbocycles. The third-order valence-electron chi connectivity index (χ3n) is 2.05. The molecule has 1 rings (SSSR count). The van der Waals surface area contributed by atoms with E-state index in [1.54, 1.807) is 20.8 Å². The van der Waals surface area contributed by atoms with Crippen LogP contribution in [0, 0.1) is 5.82 Å².